The van der Waals surface area contributed by atoms with Crippen LogP contribution in [0.1, 0.15) is 0 Å². The van der Waals surface area contributed by atoms with Crippen molar-refractivity contribution in [1.29, 1.82) is 0 Å². The summed E-state index contributed by atoms with van der Waals surface area (Å²) in [6.45, 7) is 0. The molecule has 11 aromatic rings. The Labute approximate surface area is 287 Å². The molecule has 0 aliphatic carbocycles. The zero-order chi connectivity index (χ0) is 32.8. The predicted octanol–water partition coefficient (Wildman–Crippen LogP) is 11.8. The van der Waals surface area contributed by atoms with Crippen molar-refractivity contribution in [3.05, 3.63) is 170 Å². The van der Waals surface area contributed by atoms with Crippen LogP contribution in [0.25, 0.3) is 98.8 Å². The lowest BCUT2D eigenvalue weighted by Crippen LogP contribution is -1.95. The van der Waals surface area contributed by atoms with Crippen molar-refractivity contribution >= 4 is 76.2 Å². The Balaban J connectivity index is 1.23. The summed E-state index contributed by atoms with van der Waals surface area (Å²) in [6, 6.07) is 58.5. The third kappa shape index (κ3) is 3.76. The average molecular weight is 637 g/mol. The fourth-order valence-corrected chi connectivity index (χ4v) is 8.20. The van der Waals surface area contributed by atoms with Crippen LogP contribution in [-0.2, 0) is 0 Å². The molecule has 0 aliphatic rings. The van der Waals surface area contributed by atoms with E-state index in [0.29, 0.717) is 0 Å². The molecule has 0 amide bonds. The number of hydrogen-bond acceptors (Lipinski definition) is 2. The van der Waals surface area contributed by atoms with Crippen LogP contribution in [0.2, 0.25) is 0 Å². The molecular formula is C46H28N4. The van der Waals surface area contributed by atoms with Crippen LogP contribution in [0.15, 0.2) is 170 Å². The van der Waals surface area contributed by atoms with E-state index in [9.17, 15) is 0 Å². The van der Waals surface area contributed by atoms with Gasteiger partial charge in [0.05, 0.1) is 45.0 Å². The number of hydrogen-bond donors (Lipinski definition) is 0. The maximum absolute atomic E-state index is 5.34. The molecule has 232 valence electrons. The minimum atomic E-state index is 0.857. The summed E-state index contributed by atoms with van der Waals surface area (Å²) in [5, 5.41) is 9.60. The number of rotatable bonds is 3. The Morgan fingerprint density at radius 2 is 0.860 bits per heavy atom. The van der Waals surface area contributed by atoms with Gasteiger partial charge in [-0.05, 0) is 59.3 Å². The molecule has 0 radical (unpaired) electrons. The van der Waals surface area contributed by atoms with Gasteiger partial charge in [-0.25, -0.2) is 4.98 Å². The molecule has 0 bridgehead atoms. The highest BCUT2D eigenvalue weighted by Gasteiger charge is 2.21. The van der Waals surface area contributed by atoms with Gasteiger partial charge in [-0.1, -0.05) is 115 Å². The molecule has 50 heavy (non-hydrogen) atoms. The van der Waals surface area contributed by atoms with E-state index in [0.717, 1.165) is 50.0 Å². The molecule has 0 fully saturated rings. The van der Waals surface area contributed by atoms with Gasteiger partial charge in [0, 0.05) is 49.3 Å². The zero-order valence-corrected chi connectivity index (χ0v) is 27.0. The van der Waals surface area contributed by atoms with Gasteiger partial charge < -0.3 is 9.13 Å². The number of para-hydroxylation sites is 3. The lowest BCUT2D eigenvalue weighted by atomic mass is 9.99. The summed E-state index contributed by atoms with van der Waals surface area (Å²) >= 11 is 0. The molecule has 0 saturated heterocycles. The van der Waals surface area contributed by atoms with Crippen molar-refractivity contribution in [2.75, 3.05) is 0 Å². The lowest BCUT2D eigenvalue weighted by Gasteiger charge is -2.11. The van der Waals surface area contributed by atoms with Crippen molar-refractivity contribution in [3.63, 3.8) is 0 Å². The molecule has 0 N–H and O–H groups in total. The van der Waals surface area contributed by atoms with Gasteiger partial charge in [0.1, 0.15) is 0 Å². The minimum absolute atomic E-state index is 0.857. The van der Waals surface area contributed by atoms with Crippen LogP contribution in [0.4, 0.5) is 0 Å². The van der Waals surface area contributed by atoms with Gasteiger partial charge in [0.25, 0.3) is 0 Å². The van der Waals surface area contributed by atoms with Crippen molar-refractivity contribution in [1.82, 2.24) is 19.1 Å². The lowest BCUT2D eigenvalue weighted by molar-refractivity contribution is 1.17. The first-order chi connectivity index (χ1) is 24.8. The second-order valence-corrected chi connectivity index (χ2v) is 13.0. The Hall–Kier alpha value is -6.78. The Kier molecular flexibility index (Phi) is 5.63. The van der Waals surface area contributed by atoms with Crippen LogP contribution in [-0.4, -0.2) is 19.1 Å². The van der Waals surface area contributed by atoms with Crippen LogP contribution >= 0.6 is 0 Å². The van der Waals surface area contributed by atoms with Crippen molar-refractivity contribution in [2.45, 2.75) is 0 Å². The largest absolute Gasteiger partial charge is 0.309 e. The summed E-state index contributed by atoms with van der Waals surface area (Å²) in [7, 11) is 0. The predicted molar refractivity (Wildman–Crippen MR) is 209 cm³/mol. The second-order valence-electron chi connectivity index (χ2n) is 13.0. The highest BCUT2D eigenvalue weighted by atomic mass is 15.0. The first-order valence-electron chi connectivity index (χ1n) is 17.0. The Morgan fingerprint density at radius 3 is 1.50 bits per heavy atom. The number of nitrogens with zero attached hydrogens (tertiary/aromatic N) is 4. The quantitative estimate of drug-likeness (QED) is 0.181. The van der Waals surface area contributed by atoms with E-state index in [4.69, 9.17) is 9.97 Å². The topological polar surface area (TPSA) is 35.6 Å². The molecule has 11 rings (SSSR count). The van der Waals surface area contributed by atoms with Crippen molar-refractivity contribution in [2.24, 2.45) is 0 Å². The molecule has 0 spiro atoms. The van der Waals surface area contributed by atoms with Crippen molar-refractivity contribution in [3.8, 4) is 22.6 Å². The molecule has 8 aromatic carbocycles. The van der Waals surface area contributed by atoms with Gasteiger partial charge in [-0.2, -0.15) is 0 Å². The summed E-state index contributed by atoms with van der Waals surface area (Å²) in [5.41, 5.74) is 10.7. The third-order valence-electron chi connectivity index (χ3n) is 10.3. The van der Waals surface area contributed by atoms with Gasteiger partial charge in [-0.15, -0.1) is 0 Å². The van der Waals surface area contributed by atoms with Gasteiger partial charge in [-0.3, -0.25) is 4.98 Å². The van der Waals surface area contributed by atoms with Gasteiger partial charge in [0.2, 0.25) is 0 Å². The minimum Gasteiger partial charge on any atom is -0.309 e. The first-order valence-corrected chi connectivity index (χ1v) is 17.0. The van der Waals surface area contributed by atoms with Gasteiger partial charge >= 0.3 is 0 Å². The van der Waals surface area contributed by atoms with Crippen LogP contribution < -0.4 is 0 Å². The van der Waals surface area contributed by atoms with E-state index < -0.39 is 0 Å². The highest BCUT2D eigenvalue weighted by molar-refractivity contribution is 6.29. The summed E-state index contributed by atoms with van der Waals surface area (Å²) < 4.78 is 4.79. The first kappa shape index (κ1) is 27.2. The van der Waals surface area contributed by atoms with Gasteiger partial charge in [0.15, 0.2) is 0 Å². The maximum atomic E-state index is 5.34. The summed E-state index contributed by atoms with van der Waals surface area (Å²) in [6.07, 6.45) is 1.94. The van der Waals surface area contributed by atoms with E-state index >= 15 is 0 Å². The SMILES string of the molecule is c1ccc(-n2c3ccccc3c3c4c5ccc(-c6cnc7c8ccccc8c8ccccc8c7n6)cc5n(-c5ccccc5)c4ccc32)cc1. The summed E-state index contributed by atoms with van der Waals surface area (Å²) in [5.74, 6) is 0. The number of aromatic nitrogens is 4. The molecule has 0 atom stereocenters. The Bertz CT molecular complexity index is 3100. The van der Waals surface area contributed by atoms with E-state index in [2.05, 4.69) is 173 Å². The average Bonchev–Trinajstić information content (AvgIpc) is 3.71. The molecule has 0 aliphatic heterocycles. The normalized spacial score (nSPS) is 12.0. The van der Waals surface area contributed by atoms with Crippen LogP contribution in [0, 0.1) is 0 Å². The smallest absolute Gasteiger partial charge is 0.0979 e. The van der Waals surface area contributed by atoms with E-state index in [1.165, 1.54) is 48.9 Å². The van der Waals surface area contributed by atoms with E-state index in [1.807, 2.05) is 6.20 Å². The zero-order valence-electron chi connectivity index (χ0n) is 27.0. The fourth-order valence-electron chi connectivity index (χ4n) is 8.20. The standard InChI is InChI=1S/C46H28N4/c1-3-13-30(14-4-1)49-39-22-12-11-21-36(39)43-40(49)25-26-41-44(43)37-24-23-29(27-42(37)50(41)31-15-5-2-6-16-31)38-28-47-45-34-19-9-7-17-32(34)33-18-8-10-20-35(33)46(45)48-38/h1-28H. The number of benzene rings is 8. The molecule has 4 heteroatoms. The van der Waals surface area contributed by atoms with E-state index in [1.54, 1.807) is 0 Å². The maximum Gasteiger partial charge on any atom is 0.0979 e. The monoisotopic (exact) mass is 636 g/mol. The molecule has 3 heterocycles. The highest BCUT2D eigenvalue weighted by Crippen LogP contribution is 2.43. The second kappa shape index (κ2) is 10.4. The Morgan fingerprint density at radius 1 is 0.360 bits per heavy atom. The summed E-state index contributed by atoms with van der Waals surface area (Å²) in [4.78, 5) is 10.4. The van der Waals surface area contributed by atoms with Crippen LogP contribution in [0.3, 0.4) is 0 Å². The number of fused-ring (bicyclic) bond motifs is 13. The van der Waals surface area contributed by atoms with E-state index in [-0.39, 0.29) is 0 Å². The molecule has 0 unspecified atom stereocenters. The molecular weight excluding hydrogens is 609 g/mol. The van der Waals surface area contributed by atoms with Crippen molar-refractivity contribution < 1.29 is 0 Å². The molecule has 3 aromatic heterocycles. The third-order valence-corrected chi connectivity index (χ3v) is 10.3. The molecule has 0 saturated carbocycles. The van der Waals surface area contributed by atoms with Crippen LogP contribution in [0.5, 0.6) is 0 Å². The fraction of sp³-hybridized carbons (Fsp3) is 0. The molecule has 4 nitrogen and oxygen atoms in total.